The van der Waals surface area contributed by atoms with Crippen molar-refractivity contribution >= 4 is 17.7 Å². The number of anilines is 1. The van der Waals surface area contributed by atoms with Crippen LogP contribution in [-0.2, 0) is 16.1 Å². The number of benzene rings is 2. The van der Waals surface area contributed by atoms with E-state index < -0.39 is 12.0 Å². The van der Waals surface area contributed by atoms with Gasteiger partial charge in [0.1, 0.15) is 6.61 Å². The number of hydrogen-bond acceptors (Lipinski definition) is 5. The Kier molecular flexibility index (Phi) is 8.55. The zero-order valence-electron chi connectivity index (χ0n) is 16.1. The molecule has 148 valence electrons. The van der Waals surface area contributed by atoms with E-state index in [1.807, 2.05) is 61.5 Å². The van der Waals surface area contributed by atoms with E-state index in [9.17, 15) is 9.59 Å². The summed E-state index contributed by atoms with van der Waals surface area (Å²) in [7, 11) is 3.83. The summed E-state index contributed by atoms with van der Waals surface area (Å²) in [5.74, 6) is -0.424. The largest absolute Gasteiger partial charge is 0.444 e. The Morgan fingerprint density at radius 2 is 1.61 bits per heavy atom. The second-order valence-corrected chi connectivity index (χ2v) is 6.09. The summed E-state index contributed by atoms with van der Waals surface area (Å²) < 4.78 is 10.4. The zero-order chi connectivity index (χ0) is 20.2. The second kappa shape index (κ2) is 11.4. The minimum absolute atomic E-state index is 0.0773. The molecule has 7 heteroatoms. The van der Waals surface area contributed by atoms with Gasteiger partial charge in [-0.3, -0.25) is 10.2 Å². The average molecular weight is 383 g/mol. The smallest absolute Gasteiger partial charge is 0.426 e. The molecule has 0 saturated heterocycles. The third kappa shape index (κ3) is 7.51. The lowest BCUT2D eigenvalue weighted by atomic mass is 10.2. The average Bonchev–Trinajstić information content (AvgIpc) is 2.72. The van der Waals surface area contributed by atoms with E-state index in [2.05, 4.69) is 10.9 Å². The standard InChI is InChI=1S/C21H25N3O4/c1-24(2)19-12-10-18(11-13-19)20(25)22-23-21(26)28-15-7-6-14-27-16-17-8-4-3-5-9-17/h3-13H,14-16H2,1-2H3,(H,22,25)(H,23,26). The highest BCUT2D eigenvalue weighted by Gasteiger charge is 2.07. The van der Waals surface area contributed by atoms with Crippen LogP contribution in [-0.4, -0.2) is 39.3 Å². The maximum Gasteiger partial charge on any atom is 0.426 e. The fraction of sp³-hybridized carbons (Fsp3) is 0.238. The van der Waals surface area contributed by atoms with E-state index >= 15 is 0 Å². The molecule has 0 radical (unpaired) electrons. The van der Waals surface area contributed by atoms with Crippen LogP contribution < -0.4 is 15.8 Å². The van der Waals surface area contributed by atoms with Crippen molar-refractivity contribution in [2.24, 2.45) is 0 Å². The van der Waals surface area contributed by atoms with E-state index in [4.69, 9.17) is 9.47 Å². The Bertz CT molecular complexity index is 774. The molecule has 0 bridgehead atoms. The molecule has 2 aromatic rings. The van der Waals surface area contributed by atoms with Gasteiger partial charge in [0.05, 0.1) is 13.2 Å². The lowest BCUT2D eigenvalue weighted by molar-refractivity contribution is 0.0915. The van der Waals surface area contributed by atoms with Gasteiger partial charge in [0.15, 0.2) is 0 Å². The molecule has 0 fully saturated rings. The molecular formula is C21H25N3O4. The first-order valence-electron chi connectivity index (χ1n) is 8.83. The number of hydrogen-bond donors (Lipinski definition) is 2. The lowest BCUT2D eigenvalue weighted by Crippen LogP contribution is -2.41. The molecule has 0 aliphatic rings. The maximum atomic E-state index is 12.0. The molecule has 0 spiro atoms. The molecular weight excluding hydrogens is 358 g/mol. The van der Waals surface area contributed by atoms with Crippen molar-refractivity contribution in [2.75, 3.05) is 32.2 Å². The van der Waals surface area contributed by atoms with E-state index in [0.717, 1.165) is 11.3 Å². The molecule has 0 aliphatic heterocycles. The van der Waals surface area contributed by atoms with Crippen molar-refractivity contribution in [1.29, 1.82) is 0 Å². The first-order chi connectivity index (χ1) is 13.6. The lowest BCUT2D eigenvalue weighted by Gasteiger charge is -2.12. The van der Waals surface area contributed by atoms with Crippen molar-refractivity contribution in [3.05, 3.63) is 77.9 Å². The summed E-state index contributed by atoms with van der Waals surface area (Å²) >= 11 is 0. The monoisotopic (exact) mass is 383 g/mol. The summed E-state index contributed by atoms with van der Waals surface area (Å²) in [6.45, 7) is 1.02. The number of amides is 2. The van der Waals surface area contributed by atoms with Crippen LogP contribution in [0.4, 0.5) is 10.5 Å². The van der Waals surface area contributed by atoms with Gasteiger partial charge in [-0.15, -0.1) is 0 Å². The van der Waals surface area contributed by atoms with Gasteiger partial charge in [0.2, 0.25) is 0 Å². The Labute approximate surface area is 164 Å². The van der Waals surface area contributed by atoms with Crippen LogP contribution in [0.3, 0.4) is 0 Å². The fourth-order valence-electron chi connectivity index (χ4n) is 2.21. The highest BCUT2D eigenvalue weighted by atomic mass is 16.6. The number of ether oxygens (including phenoxy) is 2. The minimum Gasteiger partial charge on any atom is -0.444 e. The maximum absolute atomic E-state index is 12.0. The number of hydrazine groups is 1. The molecule has 0 heterocycles. The summed E-state index contributed by atoms with van der Waals surface area (Å²) in [5.41, 5.74) is 7.01. The van der Waals surface area contributed by atoms with Crippen molar-refractivity contribution in [2.45, 2.75) is 6.61 Å². The number of nitrogens with zero attached hydrogens (tertiary/aromatic N) is 1. The SMILES string of the molecule is CN(C)c1ccc(C(=O)NNC(=O)OCC=CCOCc2ccccc2)cc1. The topological polar surface area (TPSA) is 79.9 Å². The van der Waals surface area contributed by atoms with E-state index in [0.29, 0.717) is 18.8 Å². The van der Waals surface area contributed by atoms with E-state index in [-0.39, 0.29) is 6.61 Å². The highest BCUT2D eigenvalue weighted by Crippen LogP contribution is 2.11. The normalized spacial score (nSPS) is 10.5. The number of carbonyl (C=O) groups is 2. The number of carbonyl (C=O) groups excluding carboxylic acids is 2. The summed E-state index contributed by atoms with van der Waals surface area (Å²) in [6, 6.07) is 16.8. The van der Waals surface area contributed by atoms with Crippen LogP contribution in [0.25, 0.3) is 0 Å². The Balaban J connectivity index is 1.58. The minimum atomic E-state index is -0.742. The summed E-state index contributed by atoms with van der Waals surface area (Å²) in [4.78, 5) is 25.5. The molecule has 7 nitrogen and oxygen atoms in total. The van der Waals surface area contributed by atoms with Crippen LogP contribution in [0.15, 0.2) is 66.7 Å². The molecule has 2 aromatic carbocycles. The number of nitrogens with one attached hydrogen (secondary N) is 2. The van der Waals surface area contributed by atoms with Gasteiger partial charge in [-0.2, -0.15) is 0 Å². The zero-order valence-corrected chi connectivity index (χ0v) is 16.1. The third-order valence-electron chi connectivity index (χ3n) is 3.73. The highest BCUT2D eigenvalue weighted by molar-refractivity contribution is 5.95. The molecule has 0 aromatic heterocycles. The van der Waals surface area contributed by atoms with Gasteiger partial charge in [-0.25, -0.2) is 10.2 Å². The van der Waals surface area contributed by atoms with Crippen molar-refractivity contribution in [3.63, 3.8) is 0 Å². The van der Waals surface area contributed by atoms with Crippen molar-refractivity contribution in [1.82, 2.24) is 10.9 Å². The van der Waals surface area contributed by atoms with Crippen molar-refractivity contribution < 1.29 is 19.1 Å². The molecule has 0 atom stereocenters. The van der Waals surface area contributed by atoms with Crippen LogP contribution in [0.5, 0.6) is 0 Å². The van der Waals surface area contributed by atoms with Gasteiger partial charge >= 0.3 is 6.09 Å². The summed E-state index contributed by atoms with van der Waals surface area (Å²) in [6.07, 6.45) is 2.70. The second-order valence-electron chi connectivity index (χ2n) is 6.09. The molecule has 0 aliphatic carbocycles. The fourth-order valence-corrected chi connectivity index (χ4v) is 2.21. The third-order valence-corrected chi connectivity index (χ3v) is 3.73. The van der Waals surface area contributed by atoms with Crippen LogP contribution in [0, 0.1) is 0 Å². The van der Waals surface area contributed by atoms with E-state index in [1.54, 1.807) is 24.3 Å². The molecule has 28 heavy (non-hydrogen) atoms. The number of rotatable bonds is 8. The van der Waals surface area contributed by atoms with Gasteiger partial charge in [-0.05, 0) is 35.9 Å². The molecule has 0 saturated carbocycles. The molecule has 0 unspecified atom stereocenters. The summed E-state index contributed by atoms with van der Waals surface area (Å²) in [5, 5.41) is 0. The predicted octanol–water partition coefficient (Wildman–Crippen LogP) is 2.90. The van der Waals surface area contributed by atoms with Crippen LogP contribution in [0.2, 0.25) is 0 Å². The Morgan fingerprint density at radius 1 is 0.929 bits per heavy atom. The van der Waals surface area contributed by atoms with Crippen LogP contribution >= 0.6 is 0 Å². The Hall–Kier alpha value is -3.32. The van der Waals surface area contributed by atoms with Gasteiger partial charge in [0, 0.05) is 25.3 Å². The quantitative estimate of drug-likeness (QED) is 0.416. The predicted molar refractivity (Wildman–Crippen MR) is 108 cm³/mol. The Morgan fingerprint density at radius 3 is 2.29 bits per heavy atom. The van der Waals surface area contributed by atoms with Gasteiger partial charge < -0.3 is 14.4 Å². The molecule has 2 rings (SSSR count). The van der Waals surface area contributed by atoms with Gasteiger partial charge in [0.25, 0.3) is 5.91 Å². The molecule has 2 N–H and O–H groups in total. The van der Waals surface area contributed by atoms with Crippen LogP contribution in [0.1, 0.15) is 15.9 Å². The van der Waals surface area contributed by atoms with Crippen molar-refractivity contribution in [3.8, 4) is 0 Å². The first kappa shape index (κ1) is 21.0. The first-order valence-corrected chi connectivity index (χ1v) is 8.83. The molecule has 2 amide bonds. The van der Waals surface area contributed by atoms with Gasteiger partial charge in [-0.1, -0.05) is 36.4 Å². The van der Waals surface area contributed by atoms with E-state index in [1.165, 1.54) is 0 Å².